The number of thiophene rings is 1. The SMILES string of the molecule is CCCn1c(N)c(C(=O)CSc2nc3sccc3c(=O)n2C)c(=O)[nH]c1=O. The summed E-state index contributed by atoms with van der Waals surface area (Å²) in [5, 5.41) is 2.65. The van der Waals surface area contributed by atoms with Gasteiger partial charge in [0.15, 0.2) is 10.9 Å². The summed E-state index contributed by atoms with van der Waals surface area (Å²) in [6, 6.07) is 1.70. The van der Waals surface area contributed by atoms with Crippen molar-refractivity contribution in [2.75, 3.05) is 11.5 Å². The number of hydrogen-bond donors (Lipinski definition) is 2. The van der Waals surface area contributed by atoms with Gasteiger partial charge in [0.2, 0.25) is 0 Å². The molecule has 3 rings (SSSR count). The molecule has 0 saturated heterocycles. The Bertz CT molecular complexity index is 1200. The second-order valence-corrected chi connectivity index (χ2v) is 7.62. The highest BCUT2D eigenvalue weighted by Crippen LogP contribution is 2.21. The molecule has 0 saturated carbocycles. The smallest absolute Gasteiger partial charge is 0.329 e. The normalized spacial score (nSPS) is 11.2. The number of carbonyl (C=O) groups excluding carboxylic acids is 1. The number of aromatic amines is 1. The lowest BCUT2D eigenvalue weighted by molar-refractivity contribution is 0.102. The van der Waals surface area contributed by atoms with E-state index < -0.39 is 17.0 Å². The molecule has 0 atom stereocenters. The minimum atomic E-state index is -0.814. The molecule has 0 unspecified atom stereocenters. The largest absolute Gasteiger partial charge is 0.384 e. The number of ketones is 1. The summed E-state index contributed by atoms with van der Waals surface area (Å²) in [7, 11) is 1.57. The molecule has 27 heavy (non-hydrogen) atoms. The van der Waals surface area contributed by atoms with Crippen LogP contribution in [-0.2, 0) is 13.6 Å². The van der Waals surface area contributed by atoms with Crippen molar-refractivity contribution in [1.82, 2.24) is 19.1 Å². The molecule has 3 heterocycles. The van der Waals surface area contributed by atoms with Crippen molar-refractivity contribution >= 4 is 44.9 Å². The Morgan fingerprint density at radius 1 is 1.37 bits per heavy atom. The fourth-order valence-electron chi connectivity index (χ4n) is 2.61. The number of fused-ring (bicyclic) bond motifs is 1. The Morgan fingerprint density at radius 2 is 2.11 bits per heavy atom. The van der Waals surface area contributed by atoms with Crippen LogP contribution in [0.25, 0.3) is 10.2 Å². The van der Waals surface area contributed by atoms with Gasteiger partial charge in [0.1, 0.15) is 16.2 Å². The van der Waals surface area contributed by atoms with E-state index in [1.165, 1.54) is 20.5 Å². The van der Waals surface area contributed by atoms with E-state index in [4.69, 9.17) is 5.73 Å². The summed E-state index contributed by atoms with van der Waals surface area (Å²) in [6.45, 7) is 2.14. The molecule has 3 aromatic rings. The molecule has 0 amide bonds. The van der Waals surface area contributed by atoms with Crippen LogP contribution in [0.4, 0.5) is 5.82 Å². The van der Waals surface area contributed by atoms with Crippen LogP contribution in [0, 0.1) is 0 Å². The zero-order chi connectivity index (χ0) is 19.7. The van der Waals surface area contributed by atoms with E-state index in [0.717, 1.165) is 11.8 Å². The number of nitrogens with two attached hydrogens (primary N) is 1. The van der Waals surface area contributed by atoms with E-state index in [-0.39, 0.29) is 22.7 Å². The van der Waals surface area contributed by atoms with Crippen molar-refractivity contribution in [2.24, 2.45) is 7.05 Å². The number of aromatic nitrogens is 4. The number of carbonyl (C=O) groups is 1. The van der Waals surface area contributed by atoms with Crippen LogP contribution in [0.15, 0.2) is 31.0 Å². The van der Waals surface area contributed by atoms with Crippen LogP contribution >= 0.6 is 23.1 Å². The average molecular weight is 407 g/mol. The lowest BCUT2D eigenvalue weighted by Gasteiger charge is -2.11. The standard InChI is InChI=1S/C16H17N5O4S2/c1-3-5-21-11(17)10(12(23)18-15(21)25)9(22)7-27-16-19-13-8(4-6-26-13)14(24)20(16)2/h4,6H,3,5,7,17H2,1-2H3,(H,18,23,25). The number of H-pyrrole nitrogens is 1. The highest BCUT2D eigenvalue weighted by molar-refractivity contribution is 7.99. The van der Waals surface area contributed by atoms with Crippen molar-refractivity contribution in [2.45, 2.75) is 25.0 Å². The molecule has 0 aliphatic heterocycles. The maximum absolute atomic E-state index is 12.6. The molecule has 0 bridgehead atoms. The number of nitrogens with one attached hydrogen (secondary N) is 1. The zero-order valence-electron chi connectivity index (χ0n) is 14.6. The first-order chi connectivity index (χ1) is 12.8. The highest BCUT2D eigenvalue weighted by Gasteiger charge is 2.20. The number of thioether (sulfide) groups is 1. The zero-order valence-corrected chi connectivity index (χ0v) is 16.3. The first kappa shape index (κ1) is 19.1. The molecular formula is C16H17N5O4S2. The van der Waals surface area contributed by atoms with E-state index in [1.54, 1.807) is 18.5 Å². The fraction of sp³-hybridized carbons (Fsp3) is 0.312. The van der Waals surface area contributed by atoms with Gasteiger partial charge in [-0.3, -0.25) is 28.5 Å². The van der Waals surface area contributed by atoms with Gasteiger partial charge in [0.05, 0.1) is 11.1 Å². The molecule has 0 fully saturated rings. The molecule has 0 aliphatic rings. The van der Waals surface area contributed by atoms with Crippen molar-refractivity contribution in [1.29, 1.82) is 0 Å². The van der Waals surface area contributed by atoms with Crippen LogP contribution in [0.3, 0.4) is 0 Å². The lowest BCUT2D eigenvalue weighted by atomic mass is 10.2. The Kier molecular flexibility index (Phi) is 5.33. The molecule has 3 aromatic heterocycles. The van der Waals surface area contributed by atoms with Crippen LogP contribution in [0.1, 0.15) is 23.7 Å². The fourth-order valence-corrected chi connectivity index (χ4v) is 4.26. The Hall–Kier alpha value is -2.66. The molecule has 142 valence electrons. The van der Waals surface area contributed by atoms with Crippen molar-refractivity contribution in [3.05, 3.63) is 48.2 Å². The minimum absolute atomic E-state index is 0.144. The third-order valence-corrected chi connectivity index (χ3v) is 5.80. The molecule has 3 N–H and O–H groups in total. The van der Waals surface area contributed by atoms with Gasteiger partial charge in [0, 0.05) is 13.6 Å². The number of Topliss-reactive ketones (excluding diaryl/α,β-unsaturated/α-hetero) is 1. The van der Waals surface area contributed by atoms with E-state index >= 15 is 0 Å². The van der Waals surface area contributed by atoms with Gasteiger partial charge >= 0.3 is 5.69 Å². The number of nitrogens with zero attached hydrogens (tertiary/aromatic N) is 3. The second kappa shape index (κ2) is 7.53. The van der Waals surface area contributed by atoms with E-state index in [9.17, 15) is 19.2 Å². The van der Waals surface area contributed by atoms with Gasteiger partial charge in [-0.2, -0.15) is 0 Å². The van der Waals surface area contributed by atoms with Gasteiger partial charge in [-0.15, -0.1) is 11.3 Å². The van der Waals surface area contributed by atoms with Gasteiger partial charge in [0.25, 0.3) is 11.1 Å². The molecule has 11 heteroatoms. The topological polar surface area (TPSA) is 133 Å². The second-order valence-electron chi connectivity index (χ2n) is 5.78. The molecule has 0 radical (unpaired) electrons. The Balaban J connectivity index is 1.92. The number of nitrogen functional groups attached to an aromatic ring is 1. The summed E-state index contributed by atoms with van der Waals surface area (Å²) >= 11 is 2.37. The van der Waals surface area contributed by atoms with Crippen LogP contribution in [-0.4, -0.2) is 30.6 Å². The Labute approximate surface area is 160 Å². The quantitative estimate of drug-likeness (QED) is 0.351. The number of rotatable bonds is 6. The maximum atomic E-state index is 12.6. The molecule has 9 nitrogen and oxygen atoms in total. The summed E-state index contributed by atoms with van der Waals surface area (Å²) in [4.78, 5) is 55.9. The first-order valence-corrected chi connectivity index (χ1v) is 9.94. The minimum Gasteiger partial charge on any atom is -0.384 e. The molecular weight excluding hydrogens is 390 g/mol. The van der Waals surface area contributed by atoms with Crippen LogP contribution < -0.4 is 22.5 Å². The van der Waals surface area contributed by atoms with Crippen molar-refractivity contribution < 1.29 is 4.79 Å². The van der Waals surface area contributed by atoms with E-state index in [0.29, 0.717) is 28.3 Å². The number of hydrogen-bond acceptors (Lipinski definition) is 8. The lowest BCUT2D eigenvalue weighted by Crippen LogP contribution is -2.36. The molecule has 0 aliphatic carbocycles. The third kappa shape index (κ3) is 3.47. The number of anilines is 1. The molecule has 0 aromatic carbocycles. The summed E-state index contributed by atoms with van der Waals surface area (Å²) in [5.74, 6) is -0.828. The van der Waals surface area contributed by atoms with Crippen molar-refractivity contribution in [3.63, 3.8) is 0 Å². The highest BCUT2D eigenvalue weighted by atomic mass is 32.2. The summed E-state index contributed by atoms with van der Waals surface area (Å²) < 4.78 is 2.53. The van der Waals surface area contributed by atoms with Gasteiger partial charge in [-0.1, -0.05) is 18.7 Å². The maximum Gasteiger partial charge on any atom is 0.329 e. The van der Waals surface area contributed by atoms with Gasteiger partial charge < -0.3 is 5.73 Å². The summed E-state index contributed by atoms with van der Waals surface area (Å²) in [5.41, 5.74) is 3.99. The average Bonchev–Trinajstić information content (AvgIpc) is 3.09. The predicted octanol–water partition coefficient (Wildman–Crippen LogP) is 0.812. The van der Waals surface area contributed by atoms with E-state index in [2.05, 4.69) is 9.97 Å². The van der Waals surface area contributed by atoms with E-state index in [1.807, 2.05) is 6.92 Å². The Morgan fingerprint density at radius 3 is 2.81 bits per heavy atom. The third-order valence-electron chi connectivity index (χ3n) is 3.96. The monoisotopic (exact) mass is 407 g/mol. The van der Waals surface area contributed by atoms with Crippen LogP contribution in [0.5, 0.6) is 0 Å². The first-order valence-electron chi connectivity index (χ1n) is 8.08. The van der Waals surface area contributed by atoms with Gasteiger partial charge in [-0.25, -0.2) is 9.78 Å². The van der Waals surface area contributed by atoms with Gasteiger partial charge in [-0.05, 0) is 17.9 Å². The predicted molar refractivity (Wildman–Crippen MR) is 106 cm³/mol. The van der Waals surface area contributed by atoms with Crippen molar-refractivity contribution in [3.8, 4) is 0 Å². The summed E-state index contributed by atoms with van der Waals surface area (Å²) in [6.07, 6.45) is 0.616. The molecule has 0 spiro atoms. The van der Waals surface area contributed by atoms with Crippen LogP contribution in [0.2, 0.25) is 0 Å².